The number of aromatic amines is 1. The largest absolute Gasteiger partial charge is 0.412 e. The maximum atomic E-state index is 13.2. The highest BCUT2D eigenvalue weighted by Gasteiger charge is 2.61. The van der Waals surface area contributed by atoms with Crippen molar-refractivity contribution in [1.82, 2.24) is 9.88 Å². The van der Waals surface area contributed by atoms with Crippen LogP contribution in [0.3, 0.4) is 0 Å². The Kier molecular flexibility index (Phi) is 3.10. The van der Waals surface area contributed by atoms with Gasteiger partial charge < -0.3 is 15.6 Å². The van der Waals surface area contributed by atoms with Crippen molar-refractivity contribution in [1.29, 1.82) is 0 Å². The van der Waals surface area contributed by atoms with Crippen molar-refractivity contribution in [2.75, 3.05) is 13.1 Å². The number of halogens is 3. The number of H-pyrrole nitrogens is 1. The van der Waals surface area contributed by atoms with Gasteiger partial charge in [0.1, 0.15) is 5.69 Å². The molecule has 3 N–H and O–H groups in total. The van der Waals surface area contributed by atoms with Gasteiger partial charge in [0, 0.05) is 19.3 Å². The summed E-state index contributed by atoms with van der Waals surface area (Å²) in [5.41, 5.74) is 3.24. The third kappa shape index (κ3) is 1.78. The monoisotopic (exact) mass is 261 g/mol. The molecule has 1 amide bonds. The highest BCUT2D eigenvalue weighted by Crippen LogP contribution is 2.43. The van der Waals surface area contributed by atoms with E-state index >= 15 is 0 Å². The first-order valence-corrected chi connectivity index (χ1v) is 5.64. The van der Waals surface area contributed by atoms with Gasteiger partial charge in [-0.25, -0.2) is 0 Å². The van der Waals surface area contributed by atoms with Crippen LogP contribution < -0.4 is 5.73 Å². The van der Waals surface area contributed by atoms with E-state index in [9.17, 15) is 18.0 Å². The lowest BCUT2D eigenvalue weighted by atomic mass is 9.95. The van der Waals surface area contributed by atoms with Crippen LogP contribution in [0, 0.1) is 0 Å². The van der Waals surface area contributed by atoms with Gasteiger partial charge in [-0.2, -0.15) is 13.2 Å². The Morgan fingerprint density at radius 2 is 2.28 bits per heavy atom. The van der Waals surface area contributed by atoms with Crippen LogP contribution >= 0.6 is 0 Å². The van der Waals surface area contributed by atoms with E-state index < -0.39 is 24.2 Å². The van der Waals surface area contributed by atoms with Gasteiger partial charge in [-0.1, -0.05) is 0 Å². The third-order valence-corrected chi connectivity index (χ3v) is 3.43. The Morgan fingerprint density at radius 1 is 1.56 bits per heavy atom. The van der Waals surface area contributed by atoms with E-state index in [4.69, 9.17) is 5.73 Å². The van der Waals surface area contributed by atoms with E-state index in [1.54, 1.807) is 6.07 Å². The van der Waals surface area contributed by atoms with Crippen LogP contribution in [0.5, 0.6) is 0 Å². The topological polar surface area (TPSA) is 62.1 Å². The first kappa shape index (κ1) is 12.9. The van der Waals surface area contributed by atoms with Crippen LogP contribution in [0.4, 0.5) is 13.2 Å². The number of rotatable bonds is 2. The molecule has 2 rings (SSSR count). The standard InChI is InChI=1S/C11H14F3N3O/c12-11(13,14)10(7-15)4-2-6-17(10)9(18)8-3-1-5-16-8/h1,3,5,16H,2,4,6-7,15H2. The van der Waals surface area contributed by atoms with Crippen molar-refractivity contribution in [3.63, 3.8) is 0 Å². The van der Waals surface area contributed by atoms with Crippen LogP contribution in [0.25, 0.3) is 0 Å². The minimum Gasteiger partial charge on any atom is -0.357 e. The second-order valence-electron chi connectivity index (χ2n) is 4.38. The van der Waals surface area contributed by atoms with Gasteiger partial charge in [0.05, 0.1) is 0 Å². The second-order valence-corrected chi connectivity index (χ2v) is 4.38. The van der Waals surface area contributed by atoms with Crippen LogP contribution in [0.1, 0.15) is 23.3 Å². The maximum absolute atomic E-state index is 13.2. The zero-order valence-corrected chi connectivity index (χ0v) is 9.63. The molecule has 0 aromatic carbocycles. The van der Waals surface area contributed by atoms with Gasteiger partial charge in [0.25, 0.3) is 5.91 Å². The summed E-state index contributed by atoms with van der Waals surface area (Å²) < 4.78 is 39.6. The van der Waals surface area contributed by atoms with Crippen molar-refractivity contribution in [2.45, 2.75) is 24.6 Å². The fourth-order valence-electron chi connectivity index (χ4n) is 2.41. The Hall–Kier alpha value is -1.50. The van der Waals surface area contributed by atoms with E-state index in [1.165, 1.54) is 12.3 Å². The Bertz CT molecular complexity index is 429. The lowest BCUT2D eigenvalue weighted by molar-refractivity contribution is -0.212. The molecule has 1 saturated heterocycles. The number of amides is 1. The molecule has 0 radical (unpaired) electrons. The molecule has 1 aliphatic rings. The highest BCUT2D eigenvalue weighted by molar-refractivity contribution is 5.93. The van der Waals surface area contributed by atoms with Gasteiger partial charge in [-0.15, -0.1) is 0 Å². The Balaban J connectivity index is 2.35. The summed E-state index contributed by atoms with van der Waals surface area (Å²) >= 11 is 0. The van der Waals surface area contributed by atoms with Crippen molar-refractivity contribution >= 4 is 5.91 Å². The summed E-state index contributed by atoms with van der Waals surface area (Å²) in [6.07, 6.45) is -2.84. The van der Waals surface area contributed by atoms with Crippen LogP contribution in [0.2, 0.25) is 0 Å². The molecule has 0 aliphatic carbocycles. The number of nitrogens with one attached hydrogen (secondary N) is 1. The number of hydrogen-bond acceptors (Lipinski definition) is 2. The molecule has 0 bridgehead atoms. The number of hydrogen-bond donors (Lipinski definition) is 2. The Morgan fingerprint density at radius 3 is 2.78 bits per heavy atom. The summed E-state index contributed by atoms with van der Waals surface area (Å²) in [6.45, 7) is -0.530. The normalized spacial score (nSPS) is 24.6. The van der Waals surface area contributed by atoms with E-state index in [0.29, 0.717) is 6.42 Å². The molecular weight excluding hydrogens is 247 g/mol. The number of aromatic nitrogens is 1. The van der Waals surface area contributed by atoms with Gasteiger partial charge in [-0.05, 0) is 25.0 Å². The van der Waals surface area contributed by atoms with Crippen LogP contribution in [-0.2, 0) is 0 Å². The lowest BCUT2D eigenvalue weighted by Gasteiger charge is -2.38. The zero-order chi connectivity index (χ0) is 13.4. The number of likely N-dealkylation sites (tertiary alicyclic amines) is 1. The molecule has 1 atom stereocenters. The average molecular weight is 261 g/mol. The highest BCUT2D eigenvalue weighted by atomic mass is 19.4. The zero-order valence-electron chi connectivity index (χ0n) is 9.63. The summed E-state index contributed by atoms with van der Waals surface area (Å²) in [7, 11) is 0. The van der Waals surface area contributed by atoms with Crippen molar-refractivity contribution in [3.05, 3.63) is 24.0 Å². The summed E-state index contributed by atoms with van der Waals surface area (Å²) in [4.78, 5) is 15.5. The minimum absolute atomic E-state index is 0.0779. The van der Waals surface area contributed by atoms with Gasteiger partial charge in [-0.3, -0.25) is 4.79 Å². The van der Waals surface area contributed by atoms with Crippen LogP contribution in [-0.4, -0.2) is 40.6 Å². The van der Waals surface area contributed by atoms with E-state index in [0.717, 1.165) is 4.90 Å². The van der Waals surface area contributed by atoms with Gasteiger partial charge in [0.15, 0.2) is 5.54 Å². The maximum Gasteiger partial charge on any atom is 0.412 e. The molecule has 1 aromatic rings. The number of nitrogens with two attached hydrogens (primary N) is 1. The molecule has 0 spiro atoms. The number of alkyl halides is 3. The lowest BCUT2D eigenvalue weighted by Crippen LogP contribution is -2.61. The summed E-state index contributed by atoms with van der Waals surface area (Å²) in [5, 5.41) is 0. The predicted molar refractivity (Wildman–Crippen MR) is 58.9 cm³/mol. The average Bonchev–Trinajstić information content (AvgIpc) is 2.96. The van der Waals surface area contributed by atoms with E-state index in [1.807, 2.05) is 0 Å². The number of carbonyl (C=O) groups is 1. The third-order valence-electron chi connectivity index (χ3n) is 3.43. The number of nitrogens with zero attached hydrogens (tertiary/aromatic N) is 1. The van der Waals surface area contributed by atoms with Crippen molar-refractivity contribution < 1.29 is 18.0 Å². The van der Waals surface area contributed by atoms with Crippen LogP contribution in [0.15, 0.2) is 18.3 Å². The molecule has 100 valence electrons. The molecule has 2 heterocycles. The first-order valence-electron chi connectivity index (χ1n) is 5.64. The molecule has 1 aliphatic heterocycles. The van der Waals surface area contributed by atoms with E-state index in [-0.39, 0.29) is 18.7 Å². The molecular formula is C11H14F3N3O. The molecule has 7 heteroatoms. The fraction of sp³-hybridized carbons (Fsp3) is 0.545. The fourth-order valence-corrected chi connectivity index (χ4v) is 2.41. The predicted octanol–water partition coefficient (Wildman–Crippen LogP) is 1.51. The van der Waals surface area contributed by atoms with Crippen molar-refractivity contribution in [3.8, 4) is 0 Å². The van der Waals surface area contributed by atoms with Gasteiger partial charge in [0.2, 0.25) is 0 Å². The molecule has 0 saturated carbocycles. The van der Waals surface area contributed by atoms with Crippen molar-refractivity contribution in [2.24, 2.45) is 5.73 Å². The smallest absolute Gasteiger partial charge is 0.357 e. The van der Waals surface area contributed by atoms with Gasteiger partial charge >= 0.3 is 6.18 Å². The quantitative estimate of drug-likeness (QED) is 0.847. The summed E-state index contributed by atoms with van der Waals surface area (Å²) in [5.74, 6) is -0.653. The Labute approximate surface area is 102 Å². The molecule has 18 heavy (non-hydrogen) atoms. The second kappa shape index (κ2) is 4.31. The molecule has 1 fully saturated rings. The molecule has 1 aromatic heterocycles. The van der Waals surface area contributed by atoms with E-state index in [2.05, 4.69) is 4.98 Å². The molecule has 1 unspecified atom stereocenters. The first-order chi connectivity index (χ1) is 8.42. The molecule has 4 nitrogen and oxygen atoms in total. The number of carbonyl (C=O) groups excluding carboxylic acids is 1. The SMILES string of the molecule is NCC1(C(F)(F)F)CCCN1C(=O)c1ccc[nH]1. The summed E-state index contributed by atoms with van der Waals surface area (Å²) in [6, 6.07) is 3.03. The minimum atomic E-state index is -4.51.